The molecule has 1 aromatic rings. The van der Waals surface area contributed by atoms with Crippen LogP contribution in [0.4, 0.5) is 9.93 Å². The van der Waals surface area contributed by atoms with Crippen LogP contribution >= 0.6 is 11.3 Å². The van der Waals surface area contributed by atoms with Crippen molar-refractivity contribution in [3.05, 3.63) is 23.2 Å². The Bertz CT molecular complexity index is 852. The Morgan fingerprint density at radius 1 is 1.31 bits per heavy atom. The predicted octanol–water partition coefficient (Wildman–Crippen LogP) is 3.75. The van der Waals surface area contributed by atoms with Crippen LogP contribution in [0.25, 0.3) is 0 Å². The van der Waals surface area contributed by atoms with Gasteiger partial charge in [-0.3, -0.25) is 9.79 Å². The van der Waals surface area contributed by atoms with Crippen molar-refractivity contribution < 1.29 is 14.3 Å². The largest absolute Gasteiger partial charge is 0.444 e. The molecule has 3 rings (SSSR count). The molecule has 9 heteroatoms. The predicted molar refractivity (Wildman–Crippen MR) is 129 cm³/mol. The van der Waals surface area contributed by atoms with Crippen molar-refractivity contribution in [1.29, 1.82) is 0 Å². The van der Waals surface area contributed by atoms with Gasteiger partial charge in [-0.05, 0) is 39.2 Å². The molecule has 0 bridgehead atoms. The summed E-state index contributed by atoms with van der Waals surface area (Å²) in [7, 11) is 0. The molecule has 1 aromatic heterocycles. The highest BCUT2D eigenvalue weighted by Crippen LogP contribution is 2.25. The minimum atomic E-state index is -0.501. The first-order valence-corrected chi connectivity index (χ1v) is 12.1. The molecule has 0 radical (unpaired) electrons. The Hall–Kier alpha value is -2.42. The first kappa shape index (κ1) is 24.2. The van der Waals surface area contributed by atoms with Crippen LogP contribution in [0.5, 0.6) is 0 Å². The molecule has 176 valence electrons. The van der Waals surface area contributed by atoms with Gasteiger partial charge >= 0.3 is 6.09 Å². The summed E-state index contributed by atoms with van der Waals surface area (Å²) in [5.41, 5.74) is 0.616. The fourth-order valence-corrected chi connectivity index (χ4v) is 4.70. The van der Waals surface area contributed by atoms with Gasteiger partial charge in [0.1, 0.15) is 10.5 Å². The topological polar surface area (TPSA) is 87.1 Å². The molecule has 2 amide bonds. The molecule has 32 heavy (non-hydrogen) atoms. The number of hydrogen-bond acceptors (Lipinski definition) is 7. The summed E-state index contributed by atoms with van der Waals surface area (Å²) in [6.07, 6.45) is 6.07. The summed E-state index contributed by atoms with van der Waals surface area (Å²) in [6.45, 7) is 15.0. The maximum absolute atomic E-state index is 12.9. The van der Waals surface area contributed by atoms with Gasteiger partial charge in [-0.1, -0.05) is 31.3 Å². The molecule has 2 unspecified atom stereocenters. The monoisotopic (exact) mass is 461 g/mol. The van der Waals surface area contributed by atoms with Crippen LogP contribution in [0.2, 0.25) is 0 Å². The first-order valence-electron chi connectivity index (χ1n) is 11.3. The molecular formula is C23H35N5O3S. The molecule has 1 saturated heterocycles. The van der Waals surface area contributed by atoms with Gasteiger partial charge in [0.15, 0.2) is 5.13 Å². The maximum Gasteiger partial charge on any atom is 0.410 e. The fourth-order valence-electron chi connectivity index (χ4n) is 3.83. The van der Waals surface area contributed by atoms with Gasteiger partial charge in [-0.2, -0.15) is 0 Å². The molecular weight excluding hydrogens is 426 g/mol. The molecule has 0 aromatic carbocycles. The molecule has 2 aliphatic heterocycles. The van der Waals surface area contributed by atoms with E-state index >= 15 is 0 Å². The lowest BCUT2D eigenvalue weighted by Crippen LogP contribution is -2.50. The van der Waals surface area contributed by atoms with Crippen LogP contribution in [-0.4, -0.2) is 72.5 Å². The van der Waals surface area contributed by atoms with Crippen LogP contribution in [0.3, 0.4) is 0 Å². The van der Waals surface area contributed by atoms with Crippen LogP contribution in [0, 0.1) is 5.92 Å². The summed E-state index contributed by atoms with van der Waals surface area (Å²) < 4.78 is 5.45. The zero-order valence-corrected chi connectivity index (χ0v) is 20.4. The van der Waals surface area contributed by atoms with E-state index < -0.39 is 5.60 Å². The van der Waals surface area contributed by atoms with Gasteiger partial charge in [0.05, 0.1) is 12.7 Å². The highest BCUT2D eigenvalue weighted by atomic mass is 32.1. The third-order valence-electron chi connectivity index (χ3n) is 5.53. The molecule has 1 N–H and O–H groups in total. The second-order valence-electron chi connectivity index (χ2n) is 9.41. The Labute approximate surface area is 194 Å². The number of carbonyl (C=O) groups is 2. The Balaban J connectivity index is 1.53. The van der Waals surface area contributed by atoms with Crippen LogP contribution in [0.15, 0.2) is 23.3 Å². The van der Waals surface area contributed by atoms with Crippen LogP contribution in [0.1, 0.15) is 56.6 Å². The van der Waals surface area contributed by atoms with Crippen molar-refractivity contribution in [2.75, 3.05) is 37.6 Å². The summed E-state index contributed by atoms with van der Waals surface area (Å²) in [5, 5.41) is 3.99. The molecule has 0 saturated carbocycles. The van der Waals surface area contributed by atoms with E-state index in [4.69, 9.17) is 4.74 Å². The number of piperazine rings is 1. The number of aromatic nitrogens is 1. The number of amides is 2. The van der Waals surface area contributed by atoms with Crippen LogP contribution in [-0.2, 0) is 4.74 Å². The Morgan fingerprint density at radius 2 is 2.03 bits per heavy atom. The summed E-state index contributed by atoms with van der Waals surface area (Å²) in [6, 6.07) is 0.0849. The zero-order chi connectivity index (χ0) is 23.3. The van der Waals surface area contributed by atoms with Crippen molar-refractivity contribution >= 4 is 34.7 Å². The van der Waals surface area contributed by atoms with E-state index in [1.807, 2.05) is 27.0 Å². The van der Waals surface area contributed by atoms with Gasteiger partial charge < -0.3 is 19.9 Å². The third kappa shape index (κ3) is 6.54. The number of hydrogen-bond donors (Lipinski definition) is 1. The number of rotatable bonds is 7. The lowest BCUT2D eigenvalue weighted by atomic mass is 9.93. The van der Waals surface area contributed by atoms with E-state index in [1.165, 1.54) is 11.3 Å². The average molecular weight is 462 g/mol. The van der Waals surface area contributed by atoms with Gasteiger partial charge in [-0.15, -0.1) is 0 Å². The molecule has 8 nitrogen and oxygen atoms in total. The number of anilines is 1. The lowest BCUT2D eigenvalue weighted by Gasteiger charge is -2.35. The number of aliphatic imine (C=N–C) groups is 1. The van der Waals surface area contributed by atoms with E-state index in [0.717, 1.165) is 30.0 Å². The quantitative estimate of drug-likeness (QED) is 0.625. The highest BCUT2D eigenvalue weighted by Gasteiger charge is 2.28. The van der Waals surface area contributed by atoms with Crippen molar-refractivity contribution in [2.24, 2.45) is 10.9 Å². The maximum atomic E-state index is 12.9. The van der Waals surface area contributed by atoms with Gasteiger partial charge in [0.2, 0.25) is 0 Å². The summed E-state index contributed by atoms with van der Waals surface area (Å²) >= 11 is 1.39. The smallest absolute Gasteiger partial charge is 0.410 e. The van der Waals surface area contributed by atoms with E-state index in [-0.39, 0.29) is 24.0 Å². The van der Waals surface area contributed by atoms with Gasteiger partial charge in [0.25, 0.3) is 5.91 Å². The molecule has 3 heterocycles. The minimum Gasteiger partial charge on any atom is -0.444 e. The number of ether oxygens (including phenoxy) is 1. The first-order chi connectivity index (χ1) is 15.2. The second kappa shape index (κ2) is 10.5. The summed E-state index contributed by atoms with van der Waals surface area (Å²) in [5.74, 6) is 0.158. The molecule has 1 fully saturated rings. The fraction of sp³-hybridized carbons (Fsp3) is 0.652. The van der Waals surface area contributed by atoms with Crippen molar-refractivity contribution in [2.45, 2.75) is 58.6 Å². The van der Waals surface area contributed by atoms with Crippen molar-refractivity contribution in [1.82, 2.24) is 15.2 Å². The molecule has 0 spiro atoms. The Morgan fingerprint density at radius 3 is 2.62 bits per heavy atom. The Kier molecular flexibility index (Phi) is 7.92. The third-order valence-corrected chi connectivity index (χ3v) is 6.59. The standard InChI is InChI=1S/C23H35N5O3S/c1-6-7-18(12-17-14-24-13-16(17)2)26-20(29)19-15-25-21(32-19)27-8-10-28(11-9-27)22(30)31-23(3,4)5/h14-15,17-18H,2,6-13H2,1,3-5H3,(H,26,29). The van der Waals surface area contributed by atoms with Gasteiger partial charge in [0, 0.05) is 44.4 Å². The number of nitrogens with zero attached hydrogens (tertiary/aromatic N) is 4. The van der Waals surface area contributed by atoms with Crippen molar-refractivity contribution in [3.63, 3.8) is 0 Å². The van der Waals surface area contributed by atoms with Crippen molar-refractivity contribution in [3.8, 4) is 0 Å². The zero-order valence-electron chi connectivity index (χ0n) is 19.6. The van der Waals surface area contributed by atoms with E-state index in [2.05, 4.69) is 33.7 Å². The minimum absolute atomic E-state index is 0.0832. The normalized spacial score (nSPS) is 19.9. The molecule has 0 aliphatic carbocycles. The van der Waals surface area contributed by atoms with E-state index in [0.29, 0.717) is 37.6 Å². The van der Waals surface area contributed by atoms with E-state index in [1.54, 1.807) is 11.1 Å². The number of carbonyl (C=O) groups excluding carboxylic acids is 2. The lowest BCUT2D eigenvalue weighted by molar-refractivity contribution is 0.0240. The highest BCUT2D eigenvalue weighted by molar-refractivity contribution is 7.17. The number of thiazole rings is 1. The van der Waals surface area contributed by atoms with Crippen LogP contribution < -0.4 is 10.2 Å². The SMILES string of the molecule is C=C1CN=CC1CC(CCC)NC(=O)c1cnc(N2CCN(C(=O)OC(C)(C)C)CC2)s1. The number of nitrogens with one attached hydrogen (secondary N) is 1. The second-order valence-corrected chi connectivity index (χ2v) is 10.4. The van der Waals surface area contributed by atoms with E-state index in [9.17, 15) is 9.59 Å². The molecule has 2 aliphatic rings. The average Bonchev–Trinajstić information content (AvgIpc) is 3.37. The van der Waals surface area contributed by atoms with Gasteiger partial charge in [-0.25, -0.2) is 9.78 Å². The molecule has 2 atom stereocenters. The summed E-state index contributed by atoms with van der Waals surface area (Å²) in [4.78, 5) is 38.3.